The summed E-state index contributed by atoms with van der Waals surface area (Å²) in [7, 11) is 0. The molecule has 1 fully saturated rings. The number of aromatic hydroxyl groups is 1. The zero-order valence-electron chi connectivity index (χ0n) is 11.5. The number of carbonyl (C=O) groups excluding carboxylic acids is 1. The van der Waals surface area contributed by atoms with Crippen molar-refractivity contribution in [2.45, 2.75) is 25.8 Å². The van der Waals surface area contributed by atoms with Crippen molar-refractivity contribution >= 4 is 5.91 Å². The van der Waals surface area contributed by atoms with E-state index in [1.165, 1.54) is 0 Å². The van der Waals surface area contributed by atoms with E-state index in [0.717, 1.165) is 25.9 Å². The van der Waals surface area contributed by atoms with Crippen molar-refractivity contribution in [2.75, 3.05) is 13.1 Å². The van der Waals surface area contributed by atoms with E-state index in [1.54, 1.807) is 6.92 Å². The predicted molar refractivity (Wildman–Crippen MR) is 70.5 cm³/mol. The zero-order chi connectivity index (χ0) is 15.6. The monoisotopic (exact) mass is 302 g/mol. The van der Waals surface area contributed by atoms with Crippen LogP contribution in [0.2, 0.25) is 0 Å². The van der Waals surface area contributed by atoms with Crippen LogP contribution in [0.4, 0.5) is 13.2 Å². The number of amides is 1. The van der Waals surface area contributed by atoms with Gasteiger partial charge in [0, 0.05) is 6.04 Å². The van der Waals surface area contributed by atoms with Crippen LogP contribution in [0.25, 0.3) is 0 Å². The Kier molecular flexibility index (Phi) is 4.72. The van der Waals surface area contributed by atoms with Crippen LogP contribution in [0.5, 0.6) is 5.75 Å². The van der Waals surface area contributed by atoms with Crippen LogP contribution in [-0.4, -0.2) is 30.1 Å². The topological polar surface area (TPSA) is 61.4 Å². The van der Waals surface area contributed by atoms with Gasteiger partial charge in [-0.3, -0.25) is 4.79 Å². The summed E-state index contributed by atoms with van der Waals surface area (Å²) < 4.78 is 39.8. The lowest BCUT2D eigenvalue weighted by atomic mass is 9.91. The molecule has 21 heavy (non-hydrogen) atoms. The molecule has 1 aliphatic rings. The summed E-state index contributed by atoms with van der Waals surface area (Å²) in [4.78, 5) is 12.0. The number of hydrogen-bond acceptors (Lipinski definition) is 3. The Morgan fingerprint density at radius 3 is 2.57 bits per heavy atom. The quantitative estimate of drug-likeness (QED) is 0.748. The number of halogens is 3. The van der Waals surface area contributed by atoms with E-state index >= 15 is 0 Å². The lowest BCUT2D eigenvalue weighted by molar-refractivity contribution is 0.0914. The first-order valence-electron chi connectivity index (χ1n) is 6.79. The van der Waals surface area contributed by atoms with Gasteiger partial charge in [0.25, 0.3) is 5.91 Å². The van der Waals surface area contributed by atoms with Gasteiger partial charge in [-0.2, -0.15) is 4.39 Å². The van der Waals surface area contributed by atoms with E-state index in [-0.39, 0.29) is 12.0 Å². The van der Waals surface area contributed by atoms with Crippen molar-refractivity contribution in [1.82, 2.24) is 10.6 Å². The molecule has 0 aliphatic carbocycles. The maximum absolute atomic E-state index is 13.7. The van der Waals surface area contributed by atoms with E-state index in [1.807, 2.05) is 0 Å². The van der Waals surface area contributed by atoms with Crippen LogP contribution in [0.3, 0.4) is 0 Å². The molecule has 1 saturated heterocycles. The van der Waals surface area contributed by atoms with E-state index in [4.69, 9.17) is 5.11 Å². The maximum atomic E-state index is 13.7. The van der Waals surface area contributed by atoms with E-state index in [9.17, 15) is 18.0 Å². The van der Waals surface area contributed by atoms with Crippen LogP contribution >= 0.6 is 0 Å². The molecule has 1 heterocycles. The average molecular weight is 302 g/mol. The molecule has 0 aromatic heterocycles. The second-order valence-corrected chi connectivity index (χ2v) is 5.23. The van der Waals surface area contributed by atoms with Gasteiger partial charge in [0.15, 0.2) is 17.4 Å². The highest BCUT2D eigenvalue weighted by Crippen LogP contribution is 2.26. The van der Waals surface area contributed by atoms with Gasteiger partial charge in [0.2, 0.25) is 5.82 Å². The molecule has 3 N–H and O–H groups in total. The van der Waals surface area contributed by atoms with Gasteiger partial charge in [-0.25, -0.2) is 8.78 Å². The molecule has 4 nitrogen and oxygen atoms in total. The Balaban J connectivity index is 2.13. The molecular weight excluding hydrogens is 285 g/mol. The lowest BCUT2D eigenvalue weighted by Gasteiger charge is -2.28. The molecule has 0 radical (unpaired) electrons. The fraction of sp³-hybridized carbons (Fsp3) is 0.500. The largest absolute Gasteiger partial charge is 0.503 e. The number of nitrogens with one attached hydrogen (secondary N) is 2. The van der Waals surface area contributed by atoms with E-state index in [0.29, 0.717) is 6.07 Å². The highest BCUT2D eigenvalue weighted by molar-refractivity contribution is 5.95. The van der Waals surface area contributed by atoms with Gasteiger partial charge < -0.3 is 15.7 Å². The molecule has 0 spiro atoms. The summed E-state index contributed by atoms with van der Waals surface area (Å²) in [6.07, 6.45) is 1.74. The Hall–Kier alpha value is -1.76. The van der Waals surface area contributed by atoms with Crippen LogP contribution < -0.4 is 10.6 Å². The molecule has 0 saturated carbocycles. The minimum Gasteiger partial charge on any atom is -0.503 e. The molecule has 1 atom stereocenters. The van der Waals surface area contributed by atoms with Crippen molar-refractivity contribution in [2.24, 2.45) is 5.92 Å². The Morgan fingerprint density at radius 2 is 1.95 bits per heavy atom. The van der Waals surface area contributed by atoms with Crippen LogP contribution in [-0.2, 0) is 0 Å². The fourth-order valence-corrected chi connectivity index (χ4v) is 2.50. The normalized spacial score (nSPS) is 17.5. The molecule has 1 aromatic rings. The van der Waals surface area contributed by atoms with Crippen molar-refractivity contribution < 1.29 is 23.1 Å². The summed E-state index contributed by atoms with van der Waals surface area (Å²) in [5.41, 5.74) is -0.702. The summed E-state index contributed by atoms with van der Waals surface area (Å²) in [6.45, 7) is 3.46. The molecule has 116 valence electrons. The van der Waals surface area contributed by atoms with Gasteiger partial charge >= 0.3 is 0 Å². The summed E-state index contributed by atoms with van der Waals surface area (Å²) in [5, 5.41) is 14.9. The van der Waals surface area contributed by atoms with Crippen LogP contribution in [0, 0.1) is 23.4 Å². The summed E-state index contributed by atoms with van der Waals surface area (Å²) >= 11 is 0. The number of rotatable bonds is 3. The van der Waals surface area contributed by atoms with Crippen LogP contribution in [0.1, 0.15) is 30.1 Å². The first kappa shape index (κ1) is 15.6. The number of benzene rings is 1. The first-order valence-corrected chi connectivity index (χ1v) is 6.79. The molecule has 1 amide bonds. The minimum atomic E-state index is -1.70. The molecule has 1 aliphatic heterocycles. The molecule has 7 heteroatoms. The Morgan fingerprint density at radius 1 is 1.33 bits per heavy atom. The van der Waals surface area contributed by atoms with E-state index < -0.39 is 34.7 Å². The van der Waals surface area contributed by atoms with Gasteiger partial charge in [-0.15, -0.1) is 0 Å². The van der Waals surface area contributed by atoms with Crippen LogP contribution in [0.15, 0.2) is 6.07 Å². The Bertz CT molecular complexity index is 546. The van der Waals surface area contributed by atoms with Crippen molar-refractivity contribution in [3.63, 3.8) is 0 Å². The number of piperidine rings is 1. The molecule has 1 unspecified atom stereocenters. The number of hydrogen-bond donors (Lipinski definition) is 3. The summed E-state index contributed by atoms with van der Waals surface area (Å²) in [6, 6.07) is 0.226. The average Bonchev–Trinajstić information content (AvgIpc) is 2.49. The number of phenolic OH excluding ortho intramolecular Hbond substituents is 1. The van der Waals surface area contributed by atoms with Gasteiger partial charge in [-0.05, 0) is 44.8 Å². The van der Waals surface area contributed by atoms with Gasteiger partial charge in [-0.1, -0.05) is 0 Å². The Labute approximate surface area is 120 Å². The molecule has 1 aromatic carbocycles. The zero-order valence-corrected chi connectivity index (χ0v) is 11.5. The third-order valence-corrected chi connectivity index (χ3v) is 3.83. The lowest BCUT2D eigenvalue weighted by Crippen LogP contribution is -2.42. The van der Waals surface area contributed by atoms with Crippen molar-refractivity contribution in [3.05, 3.63) is 29.1 Å². The molecule has 0 bridgehead atoms. The first-order chi connectivity index (χ1) is 9.91. The van der Waals surface area contributed by atoms with Gasteiger partial charge in [0.05, 0.1) is 5.56 Å². The van der Waals surface area contributed by atoms with E-state index in [2.05, 4.69) is 10.6 Å². The molecule has 2 rings (SSSR count). The molecular formula is C14H17F3N2O2. The third kappa shape index (κ3) is 3.29. The summed E-state index contributed by atoms with van der Waals surface area (Å²) in [5.74, 6) is -6.73. The highest BCUT2D eigenvalue weighted by atomic mass is 19.2. The highest BCUT2D eigenvalue weighted by Gasteiger charge is 2.26. The smallest absolute Gasteiger partial charge is 0.254 e. The number of phenols is 1. The second kappa shape index (κ2) is 6.34. The number of carbonyl (C=O) groups is 1. The standard InChI is InChI=1S/C14H17F3N2O2/c1-7(8-2-4-18-5-3-8)19-14(21)9-6-10(15)12(17)13(20)11(9)16/h6-8,18,20H,2-5H2,1H3,(H,19,21). The third-order valence-electron chi connectivity index (χ3n) is 3.83. The maximum Gasteiger partial charge on any atom is 0.254 e. The SMILES string of the molecule is CC(NC(=O)c1cc(F)c(F)c(O)c1F)C1CCNCC1. The second-order valence-electron chi connectivity index (χ2n) is 5.23. The van der Waals surface area contributed by atoms with Crippen molar-refractivity contribution in [1.29, 1.82) is 0 Å². The minimum absolute atomic E-state index is 0.228. The fourth-order valence-electron chi connectivity index (χ4n) is 2.50. The van der Waals surface area contributed by atoms with Crippen molar-refractivity contribution in [3.8, 4) is 5.75 Å². The predicted octanol–water partition coefficient (Wildman–Crippen LogP) is 1.93. The van der Waals surface area contributed by atoms with Gasteiger partial charge in [0.1, 0.15) is 0 Å².